The highest BCUT2D eigenvalue weighted by atomic mass is 35.5. The van der Waals surface area contributed by atoms with Crippen LogP contribution in [0.15, 0.2) is 42.5 Å². The summed E-state index contributed by atoms with van der Waals surface area (Å²) < 4.78 is 0. The van der Waals surface area contributed by atoms with Crippen LogP contribution in [0.4, 0.5) is 11.4 Å². The molecule has 126 valence electrons. The lowest BCUT2D eigenvalue weighted by molar-refractivity contribution is -0.384. The smallest absolute Gasteiger partial charge is 0.289 e. The second kappa shape index (κ2) is 8.10. The number of carbonyl (C=O) groups excluding carboxylic acids is 1. The Morgan fingerprint density at radius 3 is 2.58 bits per heavy atom. The molecule has 24 heavy (non-hydrogen) atoms. The van der Waals surface area contributed by atoms with E-state index in [9.17, 15) is 14.9 Å². The van der Waals surface area contributed by atoms with E-state index in [1.54, 1.807) is 6.07 Å². The maximum Gasteiger partial charge on any atom is 0.289 e. The second-order valence-corrected chi connectivity index (χ2v) is 5.91. The fourth-order valence-electron chi connectivity index (χ4n) is 2.12. The van der Waals surface area contributed by atoms with Crippen LogP contribution in [0.5, 0.6) is 0 Å². The average Bonchev–Trinajstić information content (AvgIpc) is 2.54. The molecular weight excluding hydrogens is 353 g/mol. The summed E-state index contributed by atoms with van der Waals surface area (Å²) in [4.78, 5) is 22.2. The van der Waals surface area contributed by atoms with E-state index in [1.165, 1.54) is 18.2 Å². The normalized spacial score (nSPS) is 11.8. The van der Waals surface area contributed by atoms with Gasteiger partial charge in [-0.2, -0.15) is 0 Å². The molecule has 1 unspecified atom stereocenters. The van der Waals surface area contributed by atoms with Crippen molar-refractivity contribution in [3.8, 4) is 0 Å². The van der Waals surface area contributed by atoms with Crippen molar-refractivity contribution >= 4 is 40.5 Å². The van der Waals surface area contributed by atoms with Crippen molar-refractivity contribution in [2.24, 2.45) is 0 Å². The van der Waals surface area contributed by atoms with E-state index in [4.69, 9.17) is 23.2 Å². The minimum atomic E-state index is -0.601. The van der Waals surface area contributed by atoms with Gasteiger partial charge in [-0.05, 0) is 30.7 Å². The van der Waals surface area contributed by atoms with Gasteiger partial charge >= 0.3 is 0 Å². The third kappa shape index (κ3) is 4.67. The molecule has 2 rings (SSSR count). The number of nitrogens with zero attached hydrogens (tertiary/aromatic N) is 1. The van der Waals surface area contributed by atoms with Crippen molar-refractivity contribution in [2.75, 3.05) is 11.9 Å². The van der Waals surface area contributed by atoms with Crippen LogP contribution in [0.25, 0.3) is 0 Å². The summed E-state index contributed by atoms with van der Waals surface area (Å²) in [5.41, 5.74) is 0.934. The Morgan fingerprint density at radius 1 is 1.21 bits per heavy atom. The van der Waals surface area contributed by atoms with Gasteiger partial charge in [-0.25, -0.2) is 0 Å². The maximum atomic E-state index is 12.0. The summed E-state index contributed by atoms with van der Waals surface area (Å²) in [5, 5.41) is 17.1. The molecule has 1 amide bonds. The topological polar surface area (TPSA) is 84.3 Å². The molecule has 0 aliphatic rings. The molecule has 0 aliphatic heterocycles. The van der Waals surface area contributed by atoms with E-state index in [2.05, 4.69) is 10.6 Å². The third-order valence-electron chi connectivity index (χ3n) is 3.37. The first-order valence-electron chi connectivity index (χ1n) is 7.10. The number of amides is 1. The van der Waals surface area contributed by atoms with Gasteiger partial charge < -0.3 is 10.6 Å². The highest BCUT2D eigenvalue weighted by molar-refractivity contribution is 6.32. The summed E-state index contributed by atoms with van der Waals surface area (Å²) in [7, 11) is 0. The largest absolute Gasteiger partial charge is 0.325 e. The lowest BCUT2D eigenvalue weighted by Crippen LogP contribution is -2.30. The van der Waals surface area contributed by atoms with Crippen molar-refractivity contribution in [1.82, 2.24) is 5.32 Å². The van der Waals surface area contributed by atoms with Crippen molar-refractivity contribution < 1.29 is 9.72 Å². The number of carbonyl (C=O) groups is 1. The van der Waals surface area contributed by atoms with Crippen molar-refractivity contribution in [3.05, 3.63) is 68.2 Å². The highest BCUT2D eigenvalue weighted by Crippen LogP contribution is 2.27. The Labute approximate surface area is 148 Å². The van der Waals surface area contributed by atoms with E-state index < -0.39 is 4.92 Å². The second-order valence-electron chi connectivity index (χ2n) is 5.10. The minimum Gasteiger partial charge on any atom is -0.325 e. The molecule has 2 aromatic carbocycles. The van der Waals surface area contributed by atoms with Crippen LogP contribution in [-0.4, -0.2) is 17.4 Å². The molecule has 8 heteroatoms. The zero-order valence-corrected chi connectivity index (χ0v) is 14.3. The number of rotatable bonds is 6. The first-order valence-corrected chi connectivity index (χ1v) is 7.85. The molecular formula is C16H15Cl2N3O3. The minimum absolute atomic E-state index is 0.0171. The third-order valence-corrected chi connectivity index (χ3v) is 4.03. The quantitative estimate of drug-likeness (QED) is 0.592. The van der Waals surface area contributed by atoms with Crippen molar-refractivity contribution in [3.63, 3.8) is 0 Å². The molecule has 2 N–H and O–H groups in total. The number of benzene rings is 2. The van der Waals surface area contributed by atoms with Crippen molar-refractivity contribution in [2.45, 2.75) is 13.0 Å². The first kappa shape index (κ1) is 18.2. The predicted octanol–water partition coefficient (Wildman–Crippen LogP) is 4.19. The molecule has 0 radical (unpaired) electrons. The monoisotopic (exact) mass is 367 g/mol. The first-order chi connectivity index (χ1) is 11.4. The number of hydrogen-bond acceptors (Lipinski definition) is 4. The van der Waals surface area contributed by atoms with E-state index in [0.29, 0.717) is 10.7 Å². The number of nitro groups is 1. The van der Waals surface area contributed by atoms with Gasteiger partial charge in [-0.1, -0.05) is 41.4 Å². The summed E-state index contributed by atoms with van der Waals surface area (Å²) >= 11 is 11.8. The molecule has 0 fully saturated rings. The van der Waals surface area contributed by atoms with E-state index in [-0.39, 0.29) is 29.2 Å². The Kier molecular flexibility index (Phi) is 6.14. The number of nitro benzene ring substituents is 1. The van der Waals surface area contributed by atoms with Crippen LogP contribution in [-0.2, 0) is 4.79 Å². The molecule has 6 nitrogen and oxygen atoms in total. The SMILES string of the molecule is CC(NCC(=O)Nc1ccc(Cl)c([N+](=O)[O-])c1)c1ccccc1Cl. The van der Waals surface area contributed by atoms with E-state index >= 15 is 0 Å². The van der Waals surface area contributed by atoms with Gasteiger partial charge in [0.15, 0.2) is 0 Å². The fourth-order valence-corrected chi connectivity index (χ4v) is 2.60. The Balaban J connectivity index is 1.95. The van der Waals surface area contributed by atoms with Crippen LogP contribution in [0.3, 0.4) is 0 Å². The van der Waals surface area contributed by atoms with Gasteiger partial charge in [-0.15, -0.1) is 0 Å². The van der Waals surface area contributed by atoms with Crippen LogP contribution in [0, 0.1) is 10.1 Å². The molecule has 0 spiro atoms. The van der Waals surface area contributed by atoms with Gasteiger partial charge in [-0.3, -0.25) is 14.9 Å². The van der Waals surface area contributed by atoms with Gasteiger partial charge in [0.1, 0.15) is 5.02 Å². The van der Waals surface area contributed by atoms with Crippen LogP contribution in [0.2, 0.25) is 10.0 Å². The zero-order chi connectivity index (χ0) is 17.7. The number of halogens is 2. The lowest BCUT2D eigenvalue weighted by atomic mass is 10.1. The van der Waals surface area contributed by atoms with Gasteiger partial charge in [0.2, 0.25) is 5.91 Å². The molecule has 0 saturated carbocycles. The van der Waals surface area contributed by atoms with E-state index in [1.807, 2.05) is 25.1 Å². The molecule has 0 bridgehead atoms. The highest BCUT2D eigenvalue weighted by Gasteiger charge is 2.15. The Morgan fingerprint density at radius 2 is 1.92 bits per heavy atom. The van der Waals surface area contributed by atoms with Gasteiger partial charge in [0.05, 0.1) is 11.5 Å². The Hall–Kier alpha value is -2.15. The molecule has 0 aromatic heterocycles. The van der Waals surface area contributed by atoms with Gasteiger partial charge in [0.25, 0.3) is 5.69 Å². The lowest BCUT2D eigenvalue weighted by Gasteiger charge is -2.15. The number of nitrogens with one attached hydrogen (secondary N) is 2. The van der Waals surface area contributed by atoms with Crippen LogP contribution < -0.4 is 10.6 Å². The molecule has 1 atom stereocenters. The molecule has 0 heterocycles. The number of hydrogen-bond donors (Lipinski definition) is 2. The van der Waals surface area contributed by atoms with E-state index in [0.717, 1.165) is 5.56 Å². The summed E-state index contributed by atoms with van der Waals surface area (Å²) in [6.07, 6.45) is 0. The molecule has 0 saturated heterocycles. The zero-order valence-electron chi connectivity index (χ0n) is 12.8. The summed E-state index contributed by atoms with van der Waals surface area (Å²) in [5.74, 6) is -0.328. The maximum absolute atomic E-state index is 12.0. The van der Waals surface area contributed by atoms with Crippen LogP contribution >= 0.6 is 23.2 Å². The van der Waals surface area contributed by atoms with Gasteiger partial charge in [0, 0.05) is 22.8 Å². The standard InChI is InChI=1S/C16H15Cl2N3O3/c1-10(12-4-2-3-5-13(12)17)19-9-16(22)20-11-6-7-14(18)15(8-11)21(23)24/h2-8,10,19H,9H2,1H3,(H,20,22). The number of anilines is 1. The fraction of sp³-hybridized carbons (Fsp3) is 0.188. The van der Waals surface area contributed by atoms with Crippen molar-refractivity contribution in [1.29, 1.82) is 0 Å². The summed E-state index contributed by atoms with van der Waals surface area (Å²) in [6.45, 7) is 1.92. The average molecular weight is 368 g/mol. The van der Waals surface area contributed by atoms with Crippen LogP contribution in [0.1, 0.15) is 18.5 Å². The molecule has 0 aliphatic carbocycles. The predicted molar refractivity (Wildman–Crippen MR) is 94.6 cm³/mol. The Bertz CT molecular complexity index is 768. The molecule has 2 aromatic rings. The summed E-state index contributed by atoms with van der Waals surface area (Å²) in [6, 6.07) is 11.3.